The molecule has 1 saturated heterocycles. The Bertz CT molecular complexity index is 1630. The van der Waals surface area contributed by atoms with Crippen LogP contribution in [-0.4, -0.2) is 71.1 Å². The number of anilines is 2. The van der Waals surface area contributed by atoms with Crippen molar-refractivity contribution in [2.45, 2.75) is 13.5 Å². The first-order valence-electron chi connectivity index (χ1n) is 12.4. The molecule has 1 aromatic carbocycles. The Hall–Kier alpha value is -4.77. The van der Waals surface area contributed by atoms with Crippen molar-refractivity contribution in [2.24, 2.45) is 0 Å². The number of rotatable bonds is 7. The zero-order valence-corrected chi connectivity index (χ0v) is 21.0. The summed E-state index contributed by atoms with van der Waals surface area (Å²) in [4.78, 5) is 24.8. The molecule has 11 nitrogen and oxygen atoms in total. The van der Waals surface area contributed by atoms with E-state index in [1.165, 1.54) is 12.4 Å². The Morgan fingerprint density at radius 3 is 2.63 bits per heavy atom. The minimum Gasteiger partial charge on any atom is -0.457 e. The average molecular weight is 510 g/mol. The molecular formula is C27H27N9O2. The lowest BCUT2D eigenvalue weighted by molar-refractivity contribution is -0.127. The van der Waals surface area contributed by atoms with Crippen LogP contribution in [0.4, 0.5) is 11.5 Å². The van der Waals surface area contributed by atoms with Crippen LogP contribution in [0.2, 0.25) is 0 Å². The Kier molecular flexibility index (Phi) is 6.18. The van der Waals surface area contributed by atoms with E-state index in [0.717, 1.165) is 59.2 Å². The van der Waals surface area contributed by atoms with Crippen molar-refractivity contribution >= 4 is 28.6 Å². The standard InChI is InChI=1S/C27H27N9O2/c1-3-25(37)34-12-10-33(11-13-34)16-20-6-8-36-26(20)27(29-18-31-36)32-21-4-5-23(19(2)14-21)38-22-7-9-35-24(15-22)28-17-30-35/h3-9,14-15,17-18H,1,10-13,16H2,2H3,(H,29,31,32). The third-order valence-electron chi connectivity index (χ3n) is 6.71. The van der Waals surface area contributed by atoms with Crippen molar-refractivity contribution in [3.8, 4) is 11.5 Å². The predicted octanol–water partition coefficient (Wildman–Crippen LogP) is 3.45. The van der Waals surface area contributed by atoms with Gasteiger partial charge in [-0.05, 0) is 54.5 Å². The summed E-state index contributed by atoms with van der Waals surface area (Å²) >= 11 is 0. The van der Waals surface area contributed by atoms with Crippen molar-refractivity contribution in [1.82, 2.24) is 39.0 Å². The Morgan fingerprint density at radius 2 is 1.82 bits per heavy atom. The van der Waals surface area contributed by atoms with Crippen LogP contribution >= 0.6 is 0 Å². The maximum Gasteiger partial charge on any atom is 0.246 e. The van der Waals surface area contributed by atoms with Crippen LogP contribution in [0, 0.1) is 6.92 Å². The number of hydrogen-bond acceptors (Lipinski definition) is 8. The lowest BCUT2D eigenvalue weighted by Crippen LogP contribution is -2.47. The highest BCUT2D eigenvalue weighted by Gasteiger charge is 2.21. The molecule has 1 N–H and O–H groups in total. The fourth-order valence-electron chi connectivity index (χ4n) is 4.70. The number of fused-ring (bicyclic) bond motifs is 2. The largest absolute Gasteiger partial charge is 0.457 e. The average Bonchev–Trinajstić information content (AvgIpc) is 3.57. The second kappa shape index (κ2) is 9.94. The highest BCUT2D eigenvalue weighted by molar-refractivity contribution is 5.87. The van der Waals surface area contributed by atoms with Gasteiger partial charge >= 0.3 is 0 Å². The number of aromatic nitrogens is 6. The summed E-state index contributed by atoms with van der Waals surface area (Å²) in [5.41, 5.74) is 4.64. The fraction of sp³-hybridized carbons (Fsp3) is 0.222. The minimum atomic E-state index is -0.0121. The van der Waals surface area contributed by atoms with Crippen molar-refractivity contribution in [3.63, 3.8) is 0 Å². The van der Waals surface area contributed by atoms with Crippen LogP contribution in [0.25, 0.3) is 11.2 Å². The Labute approximate surface area is 219 Å². The molecule has 0 unspecified atom stereocenters. The molecule has 0 bridgehead atoms. The van der Waals surface area contributed by atoms with Crippen LogP contribution in [0.15, 0.2) is 74.1 Å². The number of nitrogens with zero attached hydrogens (tertiary/aromatic N) is 8. The number of benzene rings is 1. The lowest BCUT2D eigenvalue weighted by Gasteiger charge is -2.34. The molecule has 5 aromatic rings. The molecule has 192 valence electrons. The SMILES string of the molecule is C=CC(=O)N1CCN(Cc2ccn3ncnc(Nc4ccc(Oc5ccn6ncnc6c5)c(C)c4)c23)CC1. The summed E-state index contributed by atoms with van der Waals surface area (Å²) in [6, 6.07) is 11.7. The van der Waals surface area contributed by atoms with E-state index in [-0.39, 0.29) is 5.91 Å². The highest BCUT2D eigenvalue weighted by atomic mass is 16.5. The van der Waals surface area contributed by atoms with E-state index >= 15 is 0 Å². The molecule has 1 aliphatic rings. The van der Waals surface area contributed by atoms with E-state index in [1.807, 2.05) is 59.1 Å². The van der Waals surface area contributed by atoms with Crippen molar-refractivity contribution in [2.75, 3.05) is 31.5 Å². The highest BCUT2D eigenvalue weighted by Crippen LogP contribution is 2.30. The van der Waals surface area contributed by atoms with Gasteiger partial charge in [-0.1, -0.05) is 6.58 Å². The first-order chi connectivity index (χ1) is 18.6. The maximum absolute atomic E-state index is 11.9. The molecule has 5 heterocycles. The van der Waals surface area contributed by atoms with Gasteiger partial charge in [0.05, 0.1) is 0 Å². The van der Waals surface area contributed by atoms with Gasteiger partial charge < -0.3 is 15.0 Å². The third kappa shape index (κ3) is 4.66. The molecular weight excluding hydrogens is 482 g/mol. The normalized spacial score (nSPS) is 14.2. The van der Waals surface area contributed by atoms with Gasteiger partial charge in [-0.25, -0.2) is 19.0 Å². The summed E-state index contributed by atoms with van der Waals surface area (Å²) in [5, 5.41) is 12.0. The molecule has 4 aromatic heterocycles. The summed E-state index contributed by atoms with van der Waals surface area (Å²) < 4.78 is 9.64. The van der Waals surface area contributed by atoms with Gasteiger partial charge in [0.1, 0.15) is 29.7 Å². The number of carbonyl (C=O) groups excluding carboxylic acids is 1. The van der Waals surface area contributed by atoms with Gasteiger partial charge in [0, 0.05) is 56.9 Å². The molecule has 11 heteroatoms. The zero-order chi connectivity index (χ0) is 26.1. The molecule has 0 saturated carbocycles. The fourth-order valence-corrected chi connectivity index (χ4v) is 4.70. The van der Waals surface area contributed by atoms with E-state index in [2.05, 4.69) is 43.0 Å². The molecule has 0 aliphatic carbocycles. The van der Waals surface area contributed by atoms with Gasteiger partial charge in [-0.2, -0.15) is 10.2 Å². The lowest BCUT2D eigenvalue weighted by atomic mass is 10.2. The molecule has 0 atom stereocenters. The molecule has 6 rings (SSSR count). The maximum atomic E-state index is 11.9. The molecule has 38 heavy (non-hydrogen) atoms. The number of hydrogen-bond donors (Lipinski definition) is 1. The number of ether oxygens (including phenoxy) is 1. The smallest absolute Gasteiger partial charge is 0.246 e. The molecule has 1 aliphatic heterocycles. The molecule has 1 fully saturated rings. The van der Waals surface area contributed by atoms with E-state index < -0.39 is 0 Å². The Morgan fingerprint density at radius 1 is 1.03 bits per heavy atom. The van der Waals surface area contributed by atoms with E-state index in [4.69, 9.17) is 4.74 Å². The second-order valence-electron chi connectivity index (χ2n) is 9.18. The third-order valence-corrected chi connectivity index (χ3v) is 6.71. The van der Waals surface area contributed by atoms with Gasteiger partial charge in [0.25, 0.3) is 0 Å². The first-order valence-corrected chi connectivity index (χ1v) is 12.4. The predicted molar refractivity (Wildman–Crippen MR) is 143 cm³/mol. The minimum absolute atomic E-state index is 0.0121. The molecule has 0 spiro atoms. The summed E-state index contributed by atoms with van der Waals surface area (Å²) in [5.74, 6) is 2.16. The number of piperazine rings is 1. The van der Waals surface area contributed by atoms with Gasteiger partial charge in [0.2, 0.25) is 5.91 Å². The summed E-state index contributed by atoms with van der Waals surface area (Å²) in [6.45, 7) is 9.34. The van der Waals surface area contributed by atoms with Crippen molar-refractivity contribution in [3.05, 3.63) is 85.2 Å². The van der Waals surface area contributed by atoms with Crippen LogP contribution in [-0.2, 0) is 11.3 Å². The quantitative estimate of drug-likeness (QED) is 0.333. The second-order valence-corrected chi connectivity index (χ2v) is 9.18. The topological polar surface area (TPSA) is 105 Å². The van der Waals surface area contributed by atoms with E-state index in [0.29, 0.717) is 18.8 Å². The van der Waals surface area contributed by atoms with Crippen molar-refractivity contribution in [1.29, 1.82) is 0 Å². The molecule has 1 amide bonds. The summed E-state index contributed by atoms with van der Waals surface area (Å²) in [7, 11) is 0. The summed E-state index contributed by atoms with van der Waals surface area (Å²) in [6.07, 6.45) is 8.20. The first kappa shape index (κ1) is 23.6. The van der Waals surface area contributed by atoms with Crippen LogP contribution in [0.3, 0.4) is 0 Å². The monoisotopic (exact) mass is 509 g/mol. The molecule has 0 radical (unpaired) electrons. The van der Waals surface area contributed by atoms with E-state index in [1.54, 1.807) is 10.8 Å². The zero-order valence-electron chi connectivity index (χ0n) is 21.0. The van der Waals surface area contributed by atoms with Gasteiger partial charge in [-0.15, -0.1) is 0 Å². The number of carbonyl (C=O) groups is 1. The number of aryl methyl sites for hydroxylation is 1. The number of pyridine rings is 1. The number of amides is 1. The Balaban J connectivity index is 1.18. The van der Waals surface area contributed by atoms with Crippen LogP contribution in [0.5, 0.6) is 11.5 Å². The van der Waals surface area contributed by atoms with Crippen LogP contribution in [0.1, 0.15) is 11.1 Å². The number of nitrogens with one attached hydrogen (secondary N) is 1. The van der Waals surface area contributed by atoms with Gasteiger partial charge in [0.15, 0.2) is 11.5 Å². The van der Waals surface area contributed by atoms with Crippen molar-refractivity contribution < 1.29 is 9.53 Å². The van der Waals surface area contributed by atoms with E-state index in [9.17, 15) is 4.79 Å². The van der Waals surface area contributed by atoms with Gasteiger partial charge in [-0.3, -0.25) is 9.69 Å². The van der Waals surface area contributed by atoms with Crippen LogP contribution < -0.4 is 10.1 Å².